The summed E-state index contributed by atoms with van der Waals surface area (Å²) in [5.41, 5.74) is 8.33. The van der Waals surface area contributed by atoms with Crippen molar-refractivity contribution in [3.63, 3.8) is 0 Å². The first-order valence-electron chi connectivity index (χ1n) is 6.29. The molecular weight excluding hydrogens is 214 g/mol. The predicted octanol–water partition coefficient (Wildman–Crippen LogP) is 2.61. The summed E-state index contributed by atoms with van der Waals surface area (Å²) >= 11 is 0. The second-order valence-electron chi connectivity index (χ2n) is 4.77. The molecule has 0 fully saturated rings. The minimum absolute atomic E-state index is 0.0163. The van der Waals surface area contributed by atoms with Crippen molar-refractivity contribution in [1.82, 2.24) is 0 Å². The molecule has 17 heavy (non-hydrogen) atoms. The fourth-order valence-corrected chi connectivity index (χ4v) is 1.40. The van der Waals surface area contributed by atoms with Gasteiger partial charge >= 0.3 is 0 Å². The van der Waals surface area contributed by atoms with Gasteiger partial charge in [0.05, 0.1) is 6.61 Å². The standard InChI is InChI=1S/C14H27NO2/c1-6-13(9-17-12(5)16)8-14(15)7-11(4)10(2)3/h8,10,12,14,16H,4,6-7,9,15H2,1-3,5H3/b13-8-. The van der Waals surface area contributed by atoms with Gasteiger partial charge in [-0.3, -0.25) is 0 Å². The molecule has 0 saturated heterocycles. The minimum Gasteiger partial charge on any atom is -0.368 e. The van der Waals surface area contributed by atoms with Crippen LogP contribution in [0.5, 0.6) is 0 Å². The van der Waals surface area contributed by atoms with E-state index in [1.807, 2.05) is 6.08 Å². The van der Waals surface area contributed by atoms with Crippen molar-refractivity contribution in [3.05, 3.63) is 23.8 Å². The number of ether oxygens (including phenoxy) is 1. The van der Waals surface area contributed by atoms with Crippen LogP contribution in [0.4, 0.5) is 0 Å². The molecule has 2 atom stereocenters. The van der Waals surface area contributed by atoms with Crippen LogP contribution in [-0.2, 0) is 4.74 Å². The van der Waals surface area contributed by atoms with Crippen LogP contribution in [0.2, 0.25) is 0 Å². The normalized spacial score (nSPS) is 16.1. The first kappa shape index (κ1) is 16.4. The molecular formula is C14H27NO2. The molecule has 100 valence electrons. The number of nitrogens with two attached hydrogens (primary N) is 1. The lowest BCUT2D eigenvalue weighted by atomic mass is 9.97. The Labute approximate surface area is 105 Å². The molecule has 0 aliphatic heterocycles. The molecule has 0 spiro atoms. The maximum Gasteiger partial charge on any atom is 0.152 e. The smallest absolute Gasteiger partial charge is 0.152 e. The van der Waals surface area contributed by atoms with Crippen molar-refractivity contribution in [2.45, 2.75) is 52.9 Å². The zero-order valence-electron chi connectivity index (χ0n) is 11.6. The summed E-state index contributed by atoms with van der Waals surface area (Å²) in [6.45, 7) is 12.4. The summed E-state index contributed by atoms with van der Waals surface area (Å²) in [5, 5.41) is 9.05. The third-order valence-electron chi connectivity index (χ3n) is 2.73. The fourth-order valence-electron chi connectivity index (χ4n) is 1.40. The molecule has 0 saturated carbocycles. The van der Waals surface area contributed by atoms with E-state index in [-0.39, 0.29) is 6.04 Å². The first-order chi connectivity index (χ1) is 7.86. The zero-order chi connectivity index (χ0) is 13.4. The van der Waals surface area contributed by atoms with Gasteiger partial charge in [0.15, 0.2) is 6.29 Å². The molecule has 0 aromatic heterocycles. The Hall–Kier alpha value is -0.640. The number of hydrogen-bond acceptors (Lipinski definition) is 3. The summed E-state index contributed by atoms with van der Waals surface area (Å²) in [4.78, 5) is 0. The number of aliphatic hydroxyl groups is 1. The minimum atomic E-state index is -0.730. The molecule has 0 radical (unpaired) electrons. The van der Waals surface area contributed by atoms with Crippen molar-refractivity contribution < 1.29 is 9.84 Å². The van der Waals surface area contributed by atoms with E-state index in [4.69, 9.17) is 15.6 Å². The van der Waals surface area contributed by atoms with E-state index in [0.29, 0.717) is 12.5 Å². The van der Waals surface area contributed by atoms with E-state index >= 15 is 0 Å². The second kappa shape index (κ2) is 8.45. The summed E-state index contributed by atoms with van der Waals surface area (Å²) in [7, 11) is 0. The van der Waals surface area contributed by atoms with Gasteiger partial charge in [0.2, 0.25) is 0 Å². The van der Waals surface area contributed by atoms with E-state index < -0.39 is 6.29 Å². The maximum absolute atomic E-state index is 9.05. The van der Waals surface area contributed by atoms with E-state index in [1.165, 1.54) is 5.57 Å². The van der Waals surface area contributed by atoms with Crippen LogP contribution in [0.15, 0.2) is 23.8 Å². The Kier molecular flexibility index (Phi) is 8.13. The molecule has 0 aromatic carbocycles. The van der Waals surface area contributed by atoms with Crippen LogP contribution < -0.4 is 5.73 Å². The number of hydrogen-bond donors (Lipinski definition) is 2. The molecule has 0 aromatic rings. The summed E-state index contributed by atoms with van der Waals surface area (Å²) < 4.78 is 5.16. The zero-order valence-corrected chi connectivity index (χ0v) is 11.6. The van der Waals surface area contributed by atoms with Crippen LogP contribution in [-0.4, -0.2) is 24.0 Å². The van der Waals surface area contributed by atoms with Gasteiger partial charge in [-0.25, -0.2) is 0 Å². The highest BCUT2D eigenvalue weighted by Crippen LogP contribution is 2.14. The molecule has 0 amide bonds. The second-order valence-corrected chi connectivity index (χ2v) is 4.77. The van der Waals surface area contributed by atoms with Crippen LogP contribution in [0.25, 0.3) is 0 Å². The van der Waals surface area contributed by atoms with Gasteiger partial charge < -0.3 is 15.6 Å². The third kappa shape index (κ3) is 8.13. The van der Waals surface area contributed by atoms with Crippen molar-refractivity contribution in [2.24, 2.45) is 11.7 Å². The lowest BCUT2D eigenvalue weighted by Gasteiger charge is -2.15. The highest BCUT2D eigenvalue weighted by Gasteiger charge is 2.07. The molecule has 3 heteroatoms. The number of aliphatic hydroxyl groups excluding tert-OH is 1. The SMILES string of the molecule is C=C(CC(N)/C=C(/CC)COC(C)O)C(C)C. The predicted molar refractivity (Wildman–Crippen MR) is 72.6 cm³/mol. The van der Waals surface area contributed by atoms with Gasteiger partial charge in [-0.1, -0.05) is 39.0 Å². The van der Waals surface area contributed by atoms with Gasteiger partial charge in [-0.2, -0.15) is 0 Å². The Morgan fingerprint density at radius 2 is 2.00 bits per heavy atom. The van der Waals surface area contributed by atoms with Crippen molar-refractivity contribution in [2.75, 3.05) is 6.61 Å². The average molecular weight is 241 g/mol. The van der Waals surface area contributed by atoms with Crippen molar-refractivity contribution in [3.8, 4) is 0 Å². The summed E-state index contributed by atoms with van der Waals surface area (Å²) in [5.74, 6) is 0.466. The van der Waals surface area contributed by atoms with Crippen molar-refractivity contribution >= 4 is 0 Å². The van der Waals surface area contributed by atoms with Crippen molar-refractivity contribution in [1.29, 1.82) is 0 Å². The Morgan fingerprint density at radius 1 is 1.41 bits per heavy atom. The molecule has 3 nitrogen and oxygen atoms in total. The van der Waals surface area contributed by atoms with Gasteiger partial charge in [0.25, 0.3) is 0 Å². The fraction of sp³-hybridized carbons (Fsp3) is 0.714. The van der Waals surface area contributed by atoms with Gasteiger partial charge in [-0.15, -0.1) is 0 Å². The van der Waals surface area contributed by atoms with Gasteiger partial charge in [0.1, 0.15) is 0 Å². The third-order valence-corrected chi connectivity index (χ3v) is 2.73. The Morgan fingerprint density at radius 3 is 2.41 bits per heavy atom. The maximum atomic E-state index is 9.05. The molecule has 2 unspecified atom stereocenters. The average Bonchev–Trinajstić information content (AvgIpc) is 2.23. The Balaban J connectivity index is 4.26. The molecule has 0 aliphatic carbocycles. The quantitative estimate of drug-likeness (QED) is 0.507. The number of rotatable bonds is 8. The molecule has 0 heterocycles. The molecule has 0 aliphatic rings. The van der Waals surface area contributed by atoms with Gasteiger partial charge in [-0.05, 0) is 31.3 Å². The van der Waals surface area contributed by atoms with Crippen LogP contribution in [0.1, 0.15) is 40.5 Å². The van der Waals surface area contributed by atoms with Crippen LogP contribution in [0, 0.1) is 5.92 Å². The molecule has 0 rings (SSSR count). The highest BCUT2D eigenvalue weighted by atomic mass is 16.6. The molecule has 3 N–H and O–H groups in total. The Bertz CT molecular complexity index is 257. The first-order valence-corrected chi connectivity index (χ1v) is 6.29. The lowest BCUT2D eigenvalue weighted by molar-refractivity contribution is -0.0768. The highest BCUT2D eigenvalue weighted by molar-refractivity contribution is 5.11. The monoisotopic (exact) mass is 241 g/mol. The summed E-state index contributed by atoms with van der Waals surface area (Å²) in [6, 6.07) is -0.0163. The van der Waals surface area contributed by atoms with E-state index in [9.17, 15) is 0 Å². The largest absolute Gasteiger partial charge is 0.368 e. The lowest BCUT2D eigenvalue weighted by Crippen LogP contribution is -2.20. The van der Waals surface area contributed by atoms with Gasteiger partial charge in [0, 0.05) is 6.04 Å². The van der Waals surface area contributed by atoms with E-state index in [1.54, 1.807) is 6.92 Å². The van der Waals surface area contributed by atoms with E-state index in [2.05, 4.69) is 27.4 Å². The van der Waals surface area contributed by atoms with E-state index in [0.717, 1.165) is 18.4 Å². The summed E-state index contributed by atoms with van der Waals surface area (Å²) in [6.07, 6.45) is 2.98. The topological polar surface area (TPSA) is 55.5 Å². The van der Waals surface area contributed by atoms with Crippen LogP contribution in [0.3, 0.4) is 0 Å². The van der Waals surface area contributed by atoms with Crippen LogP contribution >= 0.6 is 0 Å². The molecule has 0 bridgehead atoms.